The van der Waals surface area contributed by atoms with Gasteiger partial charge in [0.1, 0.15) is 11.9 Å². The first-order valence-electron chi connectivity index (χ1n) is 11.4. The zero-order chi connectivity index (χ0) is 23.2. The van der Waals surface area contributed by atoms with E-state index in [0.717, 1.165) is 49.1 Å². The summed E-state index contributed by atoms with van der Waals surface area (Å²) in [6.07, 6.45) is 6.62. The number of carbonyl (C=O) groups is 2. The third kappa shape index (κ3) is 5.50. The van der Waals surface area contributed by atoms with E-state index < -0.39 is 6.04 Å². The first-order valence-corrected chi connectivity index (χ1v) is 11.4. The molecule has 3 aromatic rings. The van der Waals surface area contributed by atoms with Crippen molar-refractivity contribution in [1.82, 2.24) is 20.0 Å². The summed E-state index contributed by atoms with van der Waals surface area (Å²) in [6.45, 7) is 1.22. The van der Waals surface area contributed by atoms with Gasteiger partial charge in [-0.25, -0.2) is 4.39 Å². The summed E-state index contributed by atoms with van der Waals surface area (Å²) in [6, 6.07) is 11.2. The Morgan fingerprint density at radius 3 is 2.88 bits per heavy atom. The van der Waals surface area contributed by atoms with Crippen LogP contribution in [0.25, 0.3) is 11.3 Å². The molecule has 1 N–H and O–H groups in total. The molecule has 4 rings (SSSR count). The Hall–Kier alpha value is -3.42. The van der Waals surface area contributed by atoms with Gasteiger partial charge in [0, 0.05) is 31.4 Å². The third-order valence-electron chi connectivity index (χ3n) is 6.10. The Labute approximate surface area is 192 Å². The van der Waals surface area contributed by atoms with Crippen molar-refractivity contribution in [2.45, 2.75) is 44.6 Å². The topological polar surface area (TPSA) is 82.4 Å². The van der Waals surface area contributed by atoms with Gasteiger partial charge in [-0.15, -0.1) is 0 Å². The van der Waals surface area contributed by atoms with E-state index >= 15 is 0 Å². The number of H-pyrrole nitrogens is 1. The Morgan fingerprint density at radius 1 is 1.21 bits per heavy atom. The van der Waals surface area contributed by atoms with Crippen LogP contribution < -0.4 is 0 Å². The summed E-state index contributed by atoms with van der Waals surface area (Å²) in [5.41, 5.74) is 2.50. The van der Waals surface area contributed by atoms with Crippen molar-refractivity contribution in [1.29, 1.82) is 0 Å². The molecule has 0 radical (unpaired) electrons. The summed E-state index contributed by atoms with van der Waals surface area (Å²) in [5, 5.41) is 7.30. The number of likely N-dealkylation sites (N-methyl/N-ethyl adjacent to an activating group) is 1. The van der Waals surface area contributed by atoms with Gasteiger partial charge < -0.3 is 14.2 Å². The van der Waals surface area contributed by atoms with Crippen LogP contribution in [0.4, 0.5) is 4.39 Å². The van der Waals surface area contributed by atoms with Crippen molar-refractivity contribution < 1.29 is 18.4 Å². The zero-order valence-electron chi connectivity index (χ0n) is 18.8. The maximum atomic E-state index is 13.4. The highest BCUT2D eigenvalue weighted by Gasteiger charge is 2.36. The molecular formula is C25H29FN4O3. The van der Waals surface area contributed by atoms with E-state index in [1.165, 1.54) is 18.4 Å². The number of benzene rings is 1. The molecule has 0 bridgehead atoms. The molecule has 7 nitrogen and oxygen atoms in total. The molecule has 1 atom stereocenters. The number of furan rings is 1. The second kappa shape index (κ2) is 10.5. The van der Waals surface area contributed by atoms with E-state index in [1.807, 2.05) is 12.1 Å². The minimum atomic E-state index is -0.418. The number of hydrogen-bond acceptors (Lipinski definition) is 4. The fourth-order valence-electron chi connectivity index (χ4n) is 4.30. The van der Waals surface area contributed by atoms with Gasteiger partial charge in [0.25, 0.3) is 5.91 Å². The highest BCUT2D eigenvalue weighted by molar-refractivity contribution is 5.95. The predicted octanol–water partition coefficient (Wildman–Crippen LogP) is 4.28. The molecule has 0 aliphatic carbocycles. The van der Waals surface area contributed by atoms with E-state index in [4.69, 9.17) is 4.42 Å². The zero-order valence-corrected chi connectivity index (χ0v) is 18.8. The quantitative estimate of drug-likeness (QED) is 0.491. The summed E-state index contributed by atoms with van der Waals surface area (Å²) in [7, 11) is 1.80. The first kappa shape index (κ1) is 22.8. The van der Waals surface area contributed by atoms with E-state index in [0.29, 0.717) is 19.5 Å². The first-order chi connectivity index (χ1) is 16.0. The van der Waals surface area contributed by atoms with Gasteiger partial charge in [-0.3, -0.25) is 14.7 Å². The van der Waals surface area contributed by atoms with Crippen LogP contribution in [0.3, 0.4) is 0 Å². The van der Waals surface area contributed by atoms with E-state index in [2.05, 4.69) is 10.2 Å². The van der Waals surface area contributed by atoms with E-state index in [9.17, 15) is 14.0 Å². The minimum Gasteiger partial charge on any atom is -0.459 e. The van der Waals surface area contributed by atoms with Crippen LogP contribution in [-0.4, -0.2) is 58.0 Å². The average molecular weight is 453 g/mol. The summed E-state index contributed by atoms with van der Waals surface area (Å²) in [5.74, 6) is -0.236. The lowest BCUT2D eigenvalue weighted by Crippen LogP contribution is -2.46. The monoisotopic (exact) mass is 452 g/mol. The SMILES string of the molecule is CN(CCCCCc1cc(-c2cccc(F)c2)n[nH]1)C(=O)C1CCCN1C(=O)c1ccco1. The number of aryl methyl sites for hydroxylation is 1. The van der Waals surface area contributed by atoms with Crippen LogP contribution in [-0.2, 0) is 11.2 Å². The molecule has 8 heteroatoms. The van der Waals surface area contributed by atoms with Crippen molar-refractivity contribution in [2.24, 2.45) is 0 Å². The largest absolute Gasteiger partial charge is 0.459 e. The second-order valence-electron chi connectivity index (χ2n) is 8.49. The molecule has 3 heterocycles. The lowest BCUT2D eigenvalue weighted by molar-refractivity contribution is -0.134. The highest BCUT2D eigenvalue weighted by atomic mass is 19.1. The average Bonchev–Trinajstić information content (AvgIpc) is 3.59. The van der Waals surface area contributed by atoms with Gasteiger partial charge in [0.2, 0.25) is 5.91 Å². The van der Waals surface area contributed by atoms with E-state index in [1.54, 1.807) is 35.0 Å². The fourth-order valence-corrected chi connectivity index (χ4v) is 4.30. The van der Waals surface area contributed by atoms with Crippen LogP contribution in [0, 0.1) is 5.82 Å². The molecule has 0 saturated carbocycles. The molecule has 1 fully saturated rings. The number of hydrogen-bond donors (Lipinski definition) is 1. The molecule has 2 aromatic heterocycles. The molecule has 0 spiro atoms. The van der Waals surface area contributed by atoms with Crippen molar-refractivity contribution >= 4 is 11.8 Å². The molecule has 1 unspecified atom stereocenters. The van der Waals surface area contributed by atoms with Crippen molar-refractivity contribution in [3.05, 3.63) is 66.0 Å². The van der Waals surface area contributed by atoms with Gasteiger partial charge in [0.15, 0.2) is 5.76 Å². The second-order valence-corrected chi connectivity index (χ2v) is 8.49. The summed E-state index contributed by atoms with van der Waals surface area (Å²) >= 11 is 0. The van der Waals surface area contributed by atoms with Gasteiger partial charge in [0.05, 0.1) is 12.0 Å². The van der Waals surface area contributed by atoms with Crippen LogP contribution in [0.2, 0.25) is 0 Å². The van der Waals surface area contributed by atoms with Crippen LogP contribution in [0.15, 0.2) is 53.1 Å². The minimum absolute atomic E-state index is 0.0132. The number of unbranched alkanes of at least 4 members (excludes halogenated alkanes) is 2. The maximum Gasteiger partial charge on any atom is 0.290 e. The smallest absolute Gasteiger partial charge is 0.290 e. The predicted molar refractivity (Wildman–Crippen MR) is 122 cm³/mol. The molecule has 1 saturated heterocycles. The van der Waals surface area contributed by atoms with Gasteiger partial charge in [-0.1, -0.05) is 18.6 Å². The summed E-state index contributed by atoms with van der Waals surface area (Å²) < 4.78 is 18.6. The maximum absolute atomic E-state index is 13.4. The third-order valence-corrected chi connectivity index (χ3v) is 6.10. The number of likely N-dealkylation sites (tertiary alicyclic amines) is 1. The Bertz CT molecular complexity index is 1080. The number of nitrogens with one attached hydrogen (secondary N) is 1. The van der Waals surface area contributed by atoms with E-state index in [-0.39, 0.29) is 23.4 Å². The van der Waals surface area contributed by atoms with Crippen LogP contribution in [0.5, 0.6) is 0 Å². The Balaban J connectivity index is 1.20. The molecule has 1 aliphatic heterocycles. The number of amides is 2. The van der Waals surface area contributed by atoms with Crippen molar-refractivity contribution in [2.75, 3.05) is 20.1 Å². The number of rotatable bonds is 9. The molecule has 174 valence electrons. The van der Waals surface area contributed by atoms with Crippen molar-refractivity contribution in [3.8, 4) is 11.3 Å². The van der Waals surface area contributed by atoms with Gasteiger partial charge >= 0.3 is 0 Å². The highest BCUT2D eigenvalue weighted by Crippen LogP contribution is 2.22. The number of halogens is 1. The Kier molecular flexibility index (Phi) is 7.22. The van der Waals surface area contributed by atoms with Crippen LogP contribution in [0.1, 0.15) is 48.4 Å². The lowest BCUT2D eigenvalue weighted by atomic mass is 10.1. The lowest BCUT2D eigenvalue weighted by Gasteiger charge is -2.27. The molecule has 1 aliphatic rings. The van der Waals surface area contributed by atoms with Gasteiger partial charge in [-0.05, 0) is 62.4 Å². The van der Waals surface area contributed by atoms with Gasteiger partial charge in [-0.2, -0.15) is 5.10 Å². The van der Waals surface area contributed by atoms with Crippen molar-refractivity contribution in [3.63, 3.8) is 0 Å². The number of nitrogens with zero attached hydrogens (tertiary/aromatic N) is 3. The molecule has 1 aromatic carbocycles. The normalized spacial score (nSPS) is 15.7. The molecule has 33 heavy (non-hydrogen) atoms. The standard InChI is InChI=1S/C25H29FN4O3/c1-29(24(31)22-11-6-14-30(22)25(32)23-12-7-15-33-23)13-4-2-3-10-20-17-21(28-27-20)18-8-5-9-19(26)16-18/h5,7-9,12,15-17,22H,2-4,6,10-11,13-14H2,1H3,(H,27,28). The molecular weight excluding hydrogens is 423 g/mol. The number of aromatic amines is 1. The Morgan fingerprint density at radius 2 is 2.09 bits per heavy atom. The number of carbonyl (C=O) groups excluding carboxylic acids is 2. The fraction of sp³-hybridized carbons (Fsp3) is 0.400. The number of aromatic nitrogens is 2. The summed E-state index contributed by atoms with van der Waals surface area (Å²) in [4.78, 5) is 28.9. The molecule has 2 amide bonds. The van der Waals surface area contributed by atoms with Crippen LogP contribution >= 0.6 is 0 Å².